The third-order valence-electron chi connectivity index (χ3n) is 7.16. The first kappa shape index (κ1) is 31.1. The Kier molecular flexibility index (Phi) is 11.1. The second kappa shape index (κ2) is 14.2. The van der Waals surface area contributed by atoms with E-state index in [1.165, 1.54) is 25.2 Å². The molecule has 1 aliphatic rings. The number of sulfonamides is 1. The van der Waals surface area contributed by atoms with E-state index in [4.69, 9.17) is 14.2 Å². The molecule has 1 N–H and O–H groups in total. The average Bonchev–Trinajstić information content (AvgIpc) is 2.95. The molecule has 40 heavy (non-hydrogen) atoms. The molecular formula is C29H41N3O7S. The highest BCUT2D eigenvalue weighted by molar-refractivity contribution is 7.92. The summed E-state index contributed by atoms with van der Waals surface area (Å²) in [4.78, 5) is 29.0. The van der Waals surface area contributed by atoms with Crippen molar-refractivity contribution in [3.8, 4) is 17.2 Å². The zero-order valence-electron chi connectivity index (χ0n) is 24.0. The van der Waals surface area contributed by atoms with E-state index in [0.717, 1.165) is 48.2 Å². The number of ether oxygens (including phenoxy) is 3. The first-order valence-corrected chi connectivity index (χ1v) is 15.4. The van der Waals surface area contributed by atoms with Gasteiger partial charge in [0.1, 0.15) is 29.8 Å². The lowest BCUT2D eigenvalue weighted by atomic mass is 9.95. The molecule has 0 saturated heterocycles. The Morgan fingerprint density at radius 1 is 0.975 bits per heavy atom. The minimum atomic E-state index is -3.91. The molecule has 0 bridgehead atoms. The summed E-state index contributed by atoms with van der Waals surface area (Å²) < 4.78 is 42.9. The lowest BCUT2D eigenvalue weighted by Gasteiger charge is -2.34. The number of anilines is 1. The maximum Gasteiger partial charge on any atom is 0.244 e. The van der Waals surface area contributed by atoms with Crippen LogP contribution in [0.1, 0.15) is 51.0 Å². The van der Waals surface area contributed by atoms with Gasteiger partial charge in [-0.1, -0.05) is 38.3 Å². The van der Waals surface area contributed by atoms with Gasteiger partial charge in [-0.3, -0.25) is 13.9 Å². The normalized spacial score (nSPS) is 14.6. The number of methoxy groups -OCH3 is 3. The van der Waals surface area contributed by atoms with E-state index >= 15 is 0 Å². The van der Waals surface area contributed by atoms with Crippen molar-refractivity contribution in [2.75, 3.05) is 38.4 Å². The van der Waals surface area contributed by atoms with E-state index in [9.17, 15) is 18.0 Å². The van der Waals surface area contributed by atoms with Gasteiger partial charge in [0.2, 0.25) is 21.8 Å². The summed E-state index contributed by atoms with van der Waals surface area (Å²) in [6.07, 6.45) is 6.47. The van der Waals surface area contributed by atoms with Gasteiger partial charge in [0.15, 0.2) is 0 Å². The number of hydrogen-bond acceptors (Lipinski definition) is 7. The van der Waals surface area contributed by atoms with Crippen LogP contribution in [0.3, 0.4) is 0 Å². The predicted molar refractivity (Wildman–Crippen MR) is 154 cm³/mol. The fraction of sp³-hybridized carbons (Fsp3) is 0.517. The average molecular weight is 576 g/mol. The Balaban J connectivity index is 1.97. The van der Waals surface area contributed by atoms with Gasteiger partial charge in [0.05, 0.1) is 33.3 Å². The van der Waals surface area contributed by atoms with E-state index in [1.807, 2.05) is 19.1 Å². The molecule has 220 valence electrons. The molecule has 2 aromatic carbocycles. The van der Waals surface area contributed by atoms with Gasteiger partial charge in [-0.2, -0.15) is 0 Å². The Labute approximate surface area is 237 Å². The molecule has 1 atom stereocenters. The highest BCUT2D eigenvalue weighted by Gasteiger charge is 2.33. The van der Waals surface area contributed by atoms with Crippen molar-refractivity contribution < 1.29 is 32.2 Å². The van der Waals surface area contributed by atoms with Gasteiger partial charge in [-0.05, 0) is 49.1 Å². The third kappa shape index (κ3) is 8.03. The fourth-order valence-electron chi connectivity index (χ4n) is 5.02. The molecule has 11 heteroatoms. The molecule has 1 aliphatic carbocycles. The van der Waals surface area contributed by atoms with Crippen LogP contribution in [0, 0.1) is 0 Å². The number of rotatable bonds is 13. The van der Waals surface area contributed by atoms with Crippen molar-refractivity contribution in [2.45, 2.75) is 64.1 Å². The zero-order valence-corrected chi connectivity index (χ0v) is 24.8. The minimum Gasteiger partial charge on any atom is -0.497 e. The van der Waals surface area contributed by atoms with Crippen molar-refractivity contribution in [1.82, 2.24) is 10.2 Å². The Bertz CT molecular complexity index is 1260. The second-order valence-electron chi connectivity index (χ2n) is 9.95. The van der Waals surface area contributed by atoms with Crippen LogP contribution in [0.2, 0.25) is 0 Å². The van der Waals surface area contributed by atoms with E-state index in [0.29, 0.717) is 17.9 Å². The Hall–Kier alpha value is -3.47. The number of carbonyl (C=O) groups is 2. The highest BCUT2D eigenvalue weighted by Crippen LogP contribution is 2.34. The number of carbonyl (C=O) groups excluding carboxylic acids is 2. The molecule has 1 saturated carbocycles. The number of nitrogens with zero attached hydrogens (tertiary/aromatic N) is 2. The molecule has 0 heterocycles. The molecule has 1 unspecified atom stereocenters. The van der Waals surface area contributed by atoms with Crippen LogP contribution >= 0.6 is 0 Å². The summed E-state index contributed by atoms with van der Waals surface area (Å²) in [7, 11) is 0.550. The summed E-state index contributed by atoms with van der Waals surface area (Å²) in [5.74, 6) is 0.574. The summed E-state index contributed by atoms with van der Waals surface area (Å²) in [5.41, 5.74) is 0.949. The van der Waals surface area contributed by atoms with Crippen molar-refractivity contribution in [3.63, 3.8) is 0 Å². The van der Waals surface area contributed by atoms with Gasteiger partial charge in [0, 0.05) is 18.7 Å². The summed E-state index contributed by atoms with van der Waals surface area (Å²) in [5, 5.41) is 3.14. The standard InChI is InChI=1S/C29H41N3O7S/c1-6-25(29(34)30-22-12-8-7-9-13-22)31(19-21-11-10-14-23(17-21)37-2)28(33)20-32(40(5,35)36)26-16-15-24(38-3)18-27(26)39-4/h10-11,14-18,22,25H,6-9,12-13,19-20H2,1-5H3,(H,30,34). The Morgan fingerprint density at radius 2 is 1.65 bits per heavy atom. The van der Waals surface area contributed by atoms with Gasteiger partial charge < -0.3 is 24.4 Å². The minimum absolute atomic E-state index is 0.0696. The predicted octanol–water partition coefficient (Wildman–Crippen LogP) is 3.73. The molecule has 2 amide bonds. The second-order valence-corrected chi connectivity index (χ2v) is 11.9. The van der Waals surface area contributed by atoms with Crippen molar-refractivity contribution in [2.24, 2.45) is 0 Å². The fourth-order valence-corrected chi connectivity index (χ4v) is 5.87. The molecular weight excluding hydrogens is 534 g/mol. The van der Waals surface area contributed by atoms with Crippen LogP contribution in [0.25, 0.3) is 0 Å². The first-order chi connectivity index (χ1) is 19.1. The Morgan fingerprint density at radius 3 is 2.25 bits per heavy atom. The zero-order chi connectivity index (χ0) is 29.3. The number of benzene rings is 2. The molecule has 2 aromatic rings. The highest BCUT2D eigenvalue weighted by atomic mass is 32.2. The van der Waals surface area contributed by atoms with Crippen molar-refractivity contribution in [1.29, 1.82) is 0 Å². The van der Waals surface area contributed by atoms with E-state index < -0.39 is 28.5 Å². The molecule has 0 aliphatic heterocycles. The molecule has 0 radical (unpaired) electrons. The van der Waals surface area contributed by atoms with Crippen molar-refractivity contribution in [3.05, 3.63) is 48.0 Å². The molecule has 0 aromatic heterocycles. The topological polar surface area (TPSA) is 114 Å². The lowest BCUT2D eigenvalue weighted by molar-refractivity contribution is -0.140. The van der Waals surface area contributed by atoms with E-state index in [-0.39, 0.29) is 29.9 Å². The maximum atomic E-state index is 14.0. The smallest absolute Gasteiger partial charge is 0.244 e. The van der Waals surface area contributed by atoms with Gasteiger partial charge in [-0.15, -0.1) is 0 Å². The maximum absolute atomic E-state index is 14.0. The number of amides is 2. The first-order valence-electron chi connectivity index (χ1n) is 13.5. The van der Waals surface area contributed by atoms with E-state index in [2.05, 4.69) is 5.32 Å². The van der Waals surface area contributed by atoms with Crippen molar-refractivity contribution >= 4 is 27.5 Å². The SMILES string of the molecule is CCC(C(=O)NC1CCCCC1)N(Cc1cccc(OC)c1)C(=O)CN(c1ccc(OC)cc1OC)S(C)(=O)=O. The van der Waals surface area contributed by atoms with Gasteiger partial charge in [0.25, 0.3) is 0 Å². The van der Waals surface area contributed by atoms with Crippen LogP contribution in [0.5, 0.6) is 17.2 Å². The van der Waals surface area contributed by atoms with Gasteiger partial charge >= 0.3 is 0 Å². The van der Waals surface area contributed by atoms with Crippen LogP contribution < -0.4 is 23.8 Å². The third-order valence-corrected chi connectivity index (χ3v) is 8.29. The summed E-state index contributed by atoms with van der Waals surface area (Å²) in [6, 6.07) is 11.2. The molecule has 1 fully saturated rings. The number of hydrogen-bond donors (Lipinski definition) is 1. The van der Waals surface area contributed by atoms with Crippen LogP contribution in [-0.2, 0) is 26.2 Å². The van der Waals surface area contributed by atoms with Crippen LogP contribution in [-0.4, -0.2) is 71.3 Å². The summed E-state index contributed by atoms with van der Waals surface area (Å²) in [6.45, 7) is 1.43. The molecule has 0 spiro atoms. The monoisotopic (exact) mass is 575 g/mol. The summed E-state index contributed by atoms with van der Waals surface area (Å²) >= 11 is 0. The van der Waals surface area contributed by atoms with Crippen LogP contribution in [0.15, 0.2) is 42.5 Å². The lowest BCUT2D eigenvalue weighted by Crippen LogP contribution is -2.54. The van der Waals surface area contributed by atoms with E-state index in [1.54, 1.807) is 31.4 Å². The largest absolute Gasteiger partial charge is 0.497 e. The molecule has 3 rings (SSSR count). The quantitative estimate of drug-likeness (QED) is 0.387. The van der Waals surface area contributed by atoms with Gasteiger partial charge in [-0.25, -0.2) is 8.42 Å². The number of nitrogens with one attached hydrogen (secondary N) is 1. The molecule has 10 nitrogen and oxygen atoms in total. The van der Waals surface area contributed by atoms with Crippen LogP contribution in [0.4, 0.5) is 5.69 Å².